The Morgan fingerprint density at radius 1 is 0.900 bits per heavy atom. The second-order valence-corrected chi connectivity index (χ2v) is 7.03. The topological polar surface area (TPSA) is 92.3 Å². The molecule has 0 spiro atoms. The molecule has 3 heterocycles. The molecule has 2 N–H and O–H groups in total. The number of pyridine rings is 1. The van der Waals surface area contributed by atoms with Crippen molar-refractivity contribution in [2.45, 2.75) is 13.0 Å². The van der Waals surface area contributed by atoms with Gasteiger partial charge in [0.15, 0.2) is 5.82 Å². The fourth-order valence-electron chi connectivity index (χ4n) is 3.46. The molecule has 5 aromatic rings. The van der Waals surface area contributed by atoms with E-state index in [1.807, 2.05) is 42.6 Å². The third kappa shape index (κ3) is 3.48. The quantitative estimate of drug-likeness (QED) is 0.451. The maximum atomic E-state index is 4.50. The van der Waals surface area contributed by atoms with Crippen molar-refractivity contribution in [3.63, 3.8) is 0 Å². The van der Waals surface area contributed by atoms with Crippen LogP contribution >= 0.6 is 0 Å². The van der Waals surface area contributed by atoms with Crippen molar-refractivity contribution in [2.24, 2.45) is 0 Å². The van der Waals surface area contributed by atoms with Gasteiger partial charge in [0.2, 0.25) is 0 Å². The molecule has 2 aromatic carbocycles. The Morgan fingerprint density at radius 3 is 2.60 bits per heavy atom. The van der Waals surface area contributed by atoms with Gasteiger partial charge < -0.3 is 10.3 Å². The van der Waals surface area contributed by atoms with E-state index < -0.39 is 0 Å². The van der Waals surface area contributed by atoms with Gasteiger partial charge in [0.05, 0.1) is 5.52 Å². The van der Waals surface area contributed by atoms with Crippen LogP contribution in [0.3, 0.4) is 0 Å². The van der Waals surface area contributed by atoms with E-state index in [1.165, 1.54) is 5.56 Å². The normalized spacial score (nSPS) is 12.0. The van der Waals surface area contributed by atoms with E-state index in [2.05, 4.69) is 60.6 Å². The summed E-state index contributed by atoms with van der Waals surface area (Å²) in [5.41, 5.74) is 4.98. The van der Waals surface area contributed by atoms with Crippen LogP contribution in [0.2, 0.25) is 0 Å². The second-order valence-electron chi connectivity index (χ2n) is 7.03. The molecular weight excluding hydrogens is 374 g/mol. The van der Waals surface area contributed by atoms with E-state index in [-0.39, 0.29) is 6.04 Å². The van der Waals surface area contributed by atoms with Gasteiger partial charge in [-0.1, -0.05) is 36.4 Å². The summed E-state index contributed by atoms with van der Waals surface area (Å²) in [5.74, 6) is 1.49. The lowest BCUT2D eigenvalue weighted by molar-refractivity contribution is 0.876. The number of aromatic nitrogens is 6. The Balaban J connectivity index is 1.53. The first-order valence-electron chi connectivity index (χ1n) is 9.66. The van der Waals surface area contributed by atoms with Gasteiger partial charge >= 0.3 is 0 Å². The third-order valence-electron chi connectivity index (χ3n) is 5.05. The maximum absolute atomic E-state index is 4.50. The van der Waals surface area contributed by atoms with Gasteiger partial charge in [0, 0.05) is 34.9 Å². The number of rotatable bonds is 5. The number of benzene rings is 2. The molecule has 0 aliphatic carbocycles. The van der Waals surface area contributed by atoms with Crippen molar-refractivity contribution in [3.8, 4) is 22.5 Å². The van der Waals surface area contributed by atoms with Gasteiger partial charge in [-0.3, -0.25) is 4.98 Å². The predicted octanol–water partition coefficient (Wildman–Crippen LogP) is 4.65. The number of fused-ring (bicyclic) bond motifs is 1. The van der Waals surface area contributed by atoms with Crippen LogP contribution in [0.1, 0.15) is 18.5 Å². The van der Waals surface area contributed by atoms with E-state index in [1.54, 1.807) is 18.9 Å². The van der Waals surface area contributed by atoms with E-state index in [4.69, 9.17) is 0 Å². The molecular formula is C23H19N7. The van der Waals surface area contributed by atoms with Crippen LogP contribution in [0.15, 0.2) is 79.6 Å². The van der Waals surface area contributed by atoms with Gasteiger partial charge in [0.1, 0.15) is 18.5 Å². The molecule has 0 aliphatic heterocycles. The molecule has 146 valence electrons. The van der Waals surface area contributed by atoms with Crippen LogP contribution < -0.4 is 5.32 Å². The molecule has 0 fully saturated rings. The first-order valence-corrected chi connectivity index (χ1v) is 9.66. The average Bonchev–Trinajstić information content (AvgIpc) is 3.35. The minimum absolute atomic E-state index is 0.115. The Labute approximate surface area is 173 Å². The number of anilines is 1. The predicted molar refractivity (Wildman–Crippen MR) is 117 cm³/mol. The summed E-state index contributed by atoms with van der Waals surface area (Å²) in [6.07, 6.45) is 6.75. The summed E-state index contributed by atoms with van der Waals surface area (Å²) in [6.45, 7) is 2.12. The Morgan fingerprint density at radius 2 is 1.77 bits per heavy atom. The number of nitrogens with one attached hydrogen (secondary N) is 2. The zero-order valence-corrected chi connectivity index (χ0v) is 16.3. The highest BCUT2D eigenvalue weighted by molar-refractivity contribution is 5.92. The zero-order valence-electron chi connectivity index (χ0n) is 16.3. The van der Waals surface area contributed by atoms with E-state index in [9.17, 15) is 0 Å². The van der Waals surface area contributed by atoms with Gasteiger partial charge in [-0.2, -0.15) is 0 Å². The highest BCUT2D eigenvalue weighted by Crippen LogP contribution is 2.30. The first kappa shape index (κ1) is 17.9. The van der Waals surface area contributed by atoms with Crippen LogP contribution in [0.25, 0.3) is 33.4 Å². The van der Waals surface area contributed by atoms with Gasteiger partial charge in [-0.25, -0.2) is 9.97 Å². The zero-order chi connectivity index (χ0) is 20.3. The third-order valence-corrected chi connectivity index (χ3v) is 5.05. The van der Waals surface area contributed by atoms with Crippen molar-refractivity contribution >= 4 is 16.7 Å². The SMILES string of the molecule is C[C@@H](Nc1ncnc2ccc(-c3cncc(-c4nnc[nH]4)c3)cc12)c1ccccc1. The van der Waals surface area contributed by atoms with Crippen molar-refractivity contribution in [1.82, 2.24) is 30.1 Å². The molecule has 0 bridgehead atoms. The van der Waals surface area contributed by atoms with Crippen molar-refractivity contribution in [3.05, 3.63) is 85.2 Å². The molecule has 5 rings (SSSR count). The highest BCUT2D eigenvalue weighted by atomic mass is 15.2. The number of nitrogens with zero attached hydrogens (tertiary/aromatic N) is 5. The number of aromatic amines is 1. The smallest absolute Gasteiger partial charge is 0.162 e. The van der Waals surface area contributed by atoms with Gasteiger partial charge in [0.25, 0.3) is 0 Å². The molecule has 0 saturated heterocycles. The van der Waals surface area contributed by atoms with Crippen LogP contribution in [0.5, 0.6) is 0 Å². The standard InChI is InChI=1S/C23H19N7/c1-15(16-5-3-2-4-6-16)29-23-20-10-17(7-8-21(20)25-13-26-23)18-9-19(12-24-11-18)22-27-14-28-30-22/h2-15H,1H3,(H,25,26,29)(H,27,28,30)/t15-/m1/s1. The molecule has 0 aliphatic rings. The summed E-state index contributed by atoms with van der Waals surface area (Å²) in [7, 11) is 0. The van der Waals surface area contributed by atoms with Gasteiger partial charge in [-0.05, 0) is 36.2 Å². The van der Waals surface area contributed by atoms with Crippen LogP contribution in [-0.2, 0) is 0 Å². The highest BCUT2D eigenvalue weighted by Gasteiger charge is 2.11. The number of hydrogen-bond acceptors (Lipinski definition) is 6. The lowest BCUT2D eigenvalue weighted by Gasteiger charge is -2.16. The van der Waals surface area contributed by atoms with Crippen molar-refractivity contribution in [1.29, 1.82) is 0 Å². The molecule has 1 atom stereocenters. The summed E-state index contributed by atoms with van der Waals surface area (Å²) in [4.78, 5) is 16.3. The molecule has 7 nitrogen and oxygen atoms in total. The number of hydrogen-bond donors (Lipinski definition) is 2. The summed E-state index contributed by atoms with van der Waals surface area (Å²) in [6, 6.07) is 18.6. The summed E-state index contributed by atoms with van der Waals surface area (Å²) in [5, 5.41) is 12.4. The number of H-pyrrole nitrogens is 1. The summed E-state index contributed by atoms with van der Waals surface area (Å²) >= 11 is 0. The lowest BCUT2D eigenvalue weighted by atomic mass is 10.0. The van der Waals surface area contributed by atoms with Crippen molar-refractivity contribution < 1.29 is 0 Å². The Hall–Kier alpha value is -4.13. The molecule has 3 aromatic heterocycles. The average molecular weight is 393 g/mol. The lowest BCUT2D eigenvalue weighted by Crippen LogP contribution is -2.08. The molecule has 7 heteroatoms. The maximum Gasteiger partial charge on any atom is 0.162 e. The van der Waals surface area contributed by atoms with Crippen molar-refractivity contribution in [2.75, 3.05) is 5.32 Å². The monoisotopic (exact) mass is 393 g/mol. The van der Waals surface area contributed by atoms with Crippen LogP contribution in [0.4, 0.5) is 5.82 Å². The van der Waals surface area contributed by atoms with E-state index in [0.29, 0.717) is 5.82 Å². The van der Waals surface area contributed by atoms with E-state index in [0.717, 1.165) is 33.4 Å². The molecule has 30 heavy (non-hydrogen) atoms. The molecule has 0 unspecified atom stereocenters. The fourth-order valence-corrected chi connectivity index (χ4v) is 3.46. The van der Waals surface area contributed by atoms with Crippen LogP contribution in [-0.4, -0.2) is 30.1 Å². The van der Waals surface area contributed by atoms with E-state index >= 15 is 0 Å². The molecule has 0 radical (unpaired) electrons. The fraction of sp³-hybridized carbons (Fsp3) is 0.0870. The largest absolute Gasteiger partial charge is 0.363 e. The Bertz CT molecular complexity index is 1280. The van der Waals surface area contributed by atoms with Crippen LogP contribution in [0, 0.1) is 0 Å². The first-order chi connectivity index (χ1) is 14.8. The second kappa shape index (κ2) is 7.71. The molecule has 0 saturated carbocycles. The van der Waals surface area contributed by atoms with Gasteiger partial charge in [-0.15, -0.1) is 10.2 Å². The Kier molecular flexibility index (Phi) is 4.61. The minimum Gasteiger partial charge on any atom is -0.363 e. The minimum atomic E-state index is 0.115. The molecule has 0 amide bonds. The summed E-state index contributed by atoms with van der Waals surface area (Å²) < 4.78 is 0.